The first-order chi connectivity index (χ1) is 11.0. The topological polar surface area (TPSA) is 16.1 Å². The molecule has 1 atom stereocenters. The highest BCUT2D eigenvalue weighted by molar-refractivity contribution is 5.20. The van der Waals surface area contributed by atoms with Crippen molar-refractivity contribution < 1.29 is 13.2 Å². The Hall–Kier alpha value is -1.88. The lowest BCUT2D eigenvalue weighted by Crippen LogP contribution is -2.34. The van der Waals surface area contributed by atoms with Crippen LogP contribution in [0.2, 0.25) is 0 Å². The van der Waals surface area contributed by atoms with Gasteiger partial charge < -0.3 is 0 Å². The minimum Gasteiger partial charge on any atom is -0.298 e. The number of benzene rings is 1. The fourth-order valence-corrected chi connectivity index (χ4v) is 3.10. The van der Waals surface area contributed by atoms with Crippen LogP contribution in [0.1, 0.15) is 35.6 Å². The van der Waals surface area contributed by atoms with Crippen LogP contribution >= 0.6 is 0 Å². The van der Waals surface area contributed by atoms with Crippen molar-refractivity contribution in [3.63, 3.8) is 0 Å². The molecular formula is C18H19F3N2. The van der Waals surface area contributed by atoms with Crippen LogP contribution in [-0.4, -0.2) is 23.0 Å². The fourth-order valence-electron chi connectivity index (χ4n) is 3.10. The molecule has 122 valence electrons. The maximum atomic E-state index is 12.6. The second-order valence-corrected chi connectivity index (χ2v) is 6.03. The fraction of sp³-hybridized carbons (Fsp3) is 0.389. The van der Waals surface area contributed by atoms with Gasteiger partial charge in [-0.15, -0.1) is 0 Å². The molecule has 0 saturated carbocycles. The molecule has 1 aromatic heterocycles. The largest absolute Gasteiger partial charge is 0.417 e. The SMILES string of the molecule is FC(F)(F)c1ccc([C@H]2CCCN(Cc3ccccc3)C2)nc1. The van der Waals surface area contributed by atoms with Crippen molar-refractivity contribution in [3.8, 4) is 0 Å². The van der Waals surface area contributed by atoms with Gasteiger partial charge in [0.1, 0.15) is 0 Å². The van der Waals surface area contributed by atoms with Crippen LogP contribution < -0.4 is 0 Å². The van der Waals surface area contributed by atoms with Gasteiger partial charge in [-0.2, -0.15) is 13.2 Å². The highest BCUT2D eigenvalue weighted by atomic mass is 19.4. The predicted molar refractivity (Wildman–Crippen MR) is 82.9 cm³/mol. The van der Waals surface area contributed by atoms with Crippen molar-refractivity contribution in [2.75, 3.05) is 13.1 Å². The molecule has 1 aromatic carbocycles. The molecular weight excluding hydrogens is 301 g/mol. The quantitative estimate of drug-likeness (QED) is 0.829. The molecule has 0 N–H and O–H groups in total. The smallest absolute Gasteiger partial charge is 0.298 e. The zero-order chi connectivity index (χ0) is 16.3. The molecule has 2 heterocycles. The van der Waals surface area contributed by atoms with E-state index in [9.17, 15) is 13.2 Å². The molecule has 0 radical (unpaired) electrons. The zero-order valence-electron chi connectivity index (χ0n) is 12.8. The van der Waals surface area contributed by atoms with Crippen molar-refractivity contribution >= 4 is 0 Å². The summed E-state index contributed by atoms with van der Waals surface area (Å²) in [6.45, 7) is 2.73. The van der Waals surface area contributed by atoms with Crippen molar-refractivity contribution in [1.29, 1.82) is 0 Å². The van der Waals surface area contributed by atoms with E-state index in [0.29, 0.717) is 0 Å². The van der Waals surface area contributed by atoms with E-state index < -0.39 is 11.7 Å². The molecule has 0 bridgehead atoms. The van der Waals surface area contributed by atoms with Crippen LogP contribution in [0.5, 0.6) is 0 Å². The average Bonchev–Trinajstić information content (AvgIpc) is 2.55. The summed E-state index contributed by atoms with van der Waals surface area (Å²) in [5.74, 6) is 0.203. The van der Waals surface area contributed by atoms with E-state index in [1.807, 2.05) is 18.2 Å². The first-order valence-electron chi connectivity index (χ1n) is 7.82. The van der Waals surface area contributed by atoms with E-state index in [1.54, 1.807) is 0 Å². The Morgan fingerprint density at radius 1 is 1.09 bits per heavy atom. The Balaban J connectivity index is 1.66. The minimum atomic E-state index is -4.32. The van der Waals surface area contributed by atoms with Gasteiger partial charge in [-0.1, -0.05) is 30.3 Å². The predicted octanol–water partition coefficient (Wildman–Crippen LogP) is 4.48. The van der Waals surface area contributed by atoms with Crippen molar-refractivity contribution in [2.24, 2.45) is 0 Å². The summed E-state index contributed by atoms with van der Waals surface area (Å²) in [4.78, 5) is 6.41. The monoisotopic (exact) mass is 320 g/mol. The number of alkyl halides is 3. The van der Waals surface area contributed by atoms with Gasteiger partial charge in [0.15, 0.2) is 0 Å². The molecule has 0 amide bonds. The highest BCUT2D eigenvalue weighted by Crippen LogP contribution is 2.31. The van der Waals surface area contributed by atoms with Gasteiger partial charge in [-0.25, -0.2) is 0 Å². The summed E-state index contributed by atoms with van der Waals surface area (Å²) in [6, 6.07) is 12.9. The molecule has 1 aliphatic rings. The number of halogens is 3. The van der Waals surface area contributed by atoms with Gasteiger partial charge in [0.2, 0.25) is 0 Å². The van der Waals surface area contributed by atoms with Crippen LogP contribution in [0.25, 0.3) is 0 Å². The van der Waals surface area contributed by atoms with Crippen LogP contribution in [0.4, 0.5) is 13.2 Å². The lowest BCUT2D eigenvalue weighted by atomic mass is 9.93. The Morgan fingerprint density at radius 3 is 2.52 bits per heavy atom. The molecule has 1 saturated heterocycles. The molecule has 0 spiro atoms. The number of pyridine rings is 1. The van der Waals surface area contributed by atoms with Crippen LogP contribution in [-0.2, 0) is 12.7 Å². The number of likely N-dealkylation sites (tertiary alicyclic amines) is 1. The molecule has 1 fully saturated rings. The van der Waals surface area contributed by atoms with Crippen molar-refractivity contribution in [3.05, 3.63) is 65.5 Å². The summed E-state index contributed by atoms with van der Waals surface area (Å²) in [5, 5.41) is 0. The van der Waals surface area contributed by atoms with E-state index in [2.05, 4.69) is 22.0 Å². The van der Waals surface area contributed by atoms with E-state index in [1.165, 1.54) is 11.6 Å². The Morgan fingerprint density at radius 2 is 1.87 bits per heavy atom. The number of aromatic nitrogens is 1. The summed E-state index contributed by atoms with van der Waals surface area (Å²) in [7, 11) is 0. The second-order valence-electron chi connectivity index (χ2n) is 6.03. The summed E-state index contributed by atoms with van der Waals surface area (Å²) >= 11 is 0. The van der Waals surface area contributed by atoms with Gasteiger partial charge in [0, 0.05) is 30.9 Å². The molecule has 23 heavy (non-hydrogen) atoms. The third kappa shape index (κ3) is 4.10. The van der Waals surface area contributed by atoms with Crippen LogP contribution in [0.15, 0.2) is 48.7 Å². The Kier molecular flexibility index (Phi) is 4.66. The Bertz CT molecular complexity index is 623. The molecule has 5 heteroatoms. The molecule has 0 aliphatic carbocycles. The van der Waals surface area contributed by atoms with E-state index in [4.69, 9.17) is 0 Å². The standard InChI is InChI=1S/C18H19F3N2/c19-18(20,21)16-8-9-17(22-11-16)15-7-4-10-23(13-15)12-14-5-2-1-3-6-14/h1-3,5-6,8-9,11,15H,4,7,10,12-13H2/t15-/m0/s1. The summed E-state index contributed by atoms with van der Waals surface area (Å²) < 4.78 is 37.9. The minimum absolute atomic E-state index is 0.203. The van der Waals surface area contributed by atoms with Gasteiger partial charge in [0.25, 0.3) is 0 Å². The summed E-state index contributed by atoms with van der Waals surface area (Å²) in [6.07, 6.45) is -1.35. The van der Waals surface area contributed by atoms with E-state index in [0.717, 1.165) is 50.4 Å². The maximum Gasteiger partial charge on any atom is 0.417 e. The summed E-state index contributed by atoms with van der Waals surface area (Å²) in [5.41, 5.74) is 1.34. The van der Waals surface area contributed by atoms with Gasteiger partial charge in [0.05, 0.1) is 5.56 Å². The van der Waals surface area contributed by atoms with E-state index in [-0.39, 0.29) is 5.92 Å². The maximum absolute atomic E-state index is 12.6. The third-order valence-electron chi connectivity index (χ3n) is 4.29. The normalized spacial score (nSPS) is 19.7. The molecule has 0 unspecified atom stereocenters. The number of hydrogen-bond acceptors (Lipinski definition) is 2. The lowest BCUT2D eigenvalue weighted by Gasteiger charge is -2.32. The first-order valence-corrected chi connectivity index (χ1v) is 7.82. The average molecular weight is 320 g/mol. The number of nitrogens with zero attached hydrogens (tertiary/aromatic N) is 2. The van der Waals surface area contributed by atoms with Gasteiger partial charge in [-0.3, -0.25) is 9.88 Å². The number of piperidine rings is 1. The lowest BCUT2D eigenvalue weighted by molar-refractivity contribution is -0.137. The van der Waals surface area contributed by atoms with Gasteiger partial charge in [-0.05, 0) is 37.1 Å². The second kappa shape index (κ2) is 6.71. The Labute approximate surface area is 134 Å². The van der Waals surface area contributed by atoms with Crippen LogP contribution in [0.3, 0.4) is 0 Å². The van der Waals surface area contributed by atoms with Crippen molar-refractivity contribution in [2.45, 2.75) is 31.5 Å². The highest BCUT2D eigenvalue weighted by Gasteiger charge is 2.31. The van der Waals surface area contributed by atoms with Crippen molar-refractivity contribution in [1.82, 2.24) is 9.88 Å². The van der Waals surface area contributed by atoms with E-state index >= 15 is 0 Å². The van der Waals surface area contributed by atoms with Gasteiger partial charge >= 0.3 is 6.18 Å². The first kappa shape index (κ1) is 16.0. The van der Waals surface area contributed by atoms with Crippen LogP contribution in [0, 0.1) is 0 Å². The molecule has 2 nitrogen and oxygen atoms in total. The third-order valence-corrected chi connectivity index (χ3v) is 4.29. The zero-order valence-corrected chi connectivity index (χ0v) is 12.8. The molecule has 1 aliphatic heterocycles. The number of hydrogen-bond donors (Lipinski definition) is 0. The number of rotatable bonds is 3. The molecule has 2 aromatic rings. The molecule has 3 rings (SSSR count).